The second kappa shape index (κ2) is 7.13. The van der Waals surface area contributed by atoms with Gasteiger partial charge in [0.25, 0.3) is 0 Å². The van der Waals surface area contributed by atoms with Crippen molar-refractivity contribution in [2.45, 2.75) is 59.6 Å². The van der Waals surface area contributed by atoms with Gasteiger partial charge in [-0.3, -0.25) is 4.68 Å². The van der Waals surface area contributed by atoms with Crippen molar-refractivity contribution in [3.05, 3.63) is 17.5 Å². The number of carbonyl (C=O) groups excluding carboxylic acids is 1. The highest BCUT2D eigenvalue weighted by molar-refractivity contribution is 5.68. The fourth-order valence-corrected chi connectivity index (χ4v) is 2.95. The summed E-state index contributed by atoms with van der Waals surface area (Å²) in [6.45, 7) is 13.4. The molecule has 0 aromatic carbocycles. The third-order valence-electron chi connectivity index (χ3n) is 4.83. The summed E-state index contributed by atoms with van der Waals surface area (Å²) in [5.74, 6) is 0. The van der Waals surface area contributed by atoms with Crippen LogP contribution in [0.25, 0.3) is 0 Å². The molecule has 0 saturated carbocycles. The summed E-state index contributed by atoms with van der Waals surface area (Å²) in [7, 11) is 1.96. The van der Waals surface area contributed by atoms with Crippen molar-refractivity contribution in [1.29, 1.82) is 0 Å². The van der Waals surface area contributed by atoms with Crippen LogP contribution in [-0.4, -0.2) is 46.0 Å². The van der Waals surface area contributed by atoms with Gasteiger partial charge in [-0.05, 0) is 46.0 Å². The predicted molar refractivity (Wildman–Crippen MR) is 94.8 cm³/mol. The number of rotatable bonds is 4. The van der Waals surface area contributed by atoms with Crippen molar-refractivity contribution >= 4 is 6.09 Å². The van der Waals surface area contributed by atoms with Gasteiger partial charge in [0.15, 0.2) is 0 Å². The van der Waals surface area contributed by atoms with E-state index >= 15 is 0 Å². The average Bonchev–Trinajstić information content (AvgIpc) is 2.78. The van der Waals surface area contributed by atoms with E-state index in [1.54, 1.807) is 0 Å². The summed E-state index contributed by atoms with van der Waals surface area (Å²) in [4.78, 5) is 14.0. The first-order valence-corrected chi connectivity index (χ1v) is 8.76. The Balaban J connectivity index is 1.77. The molecule has 1 fully saturated rings. The van der Waals surface area contributed by atoms with Gasteiger partial charge in [-0.25, -0.2) is 4.79 Å². The van der Waals surface area contributed by atoms with Crippen LogP contribution < -0.4 is 5.32 Å². The Kier molecular flexibility index (Phi) is 5.58. The molecule has 1 aromatic heterocycles. The third kappa shape index (κ3) is 4.97. The number of aromatic nitrogens is 2. The molecule has 1 aliphatic rings. The van der Waals surface area contributed by atoms with E-state index in [2.05, 4.69) is 24.3 Å². The molecule has 0 atom stereocenters. The summed E-state index contributed by atoms with van der Waals surface area (Å²) in [5.41, 5.74) is 2.23. The minimum atomic E-state index is -0.430. The lowest BCUT2D eigenvalue weighted by Crippen LogP contribution is -2.47. The maximum atomic E-state index is 12.1. The molecule has 0 aliphatic carbocycles. The van der Waals surface area contributed by atoms with Crippen LogP contribution in [0.5, 0.6) is 0 Å². The minimum Gasteiger partial charge on any atom is -0.444 e. The zero-order valence-electron chi connectivity index (χ0n) is 16.0. The van der Waals surface area contributed by atoms with Crippen LogP contribution in [-0.2, 0) is 18.3 Å². The summed E-state index contributed by atoms with van der Waals surface area (Å²) in [6.07, 6.45) is 3.72. The second-order valence-corrected chi connectivity index (χ2v) is 8.26. The highest BCUT2D eigenvalue weighted by atomic mass is 16.6. The molecule has 1 aromatic rings. The monoisotopic (exact) mass is 336 g/mol. The van der Waals surface area contributed by atoms with E-state index in [0.29, 0.717) is 0 Å². The normalized spacial score (nSPS) is 17.8. The molecule has 0 bridgehead atoms. The Morgan fingerprint density at radius 1 is 1.38 bits per heavy atom. The highest BCUT2D eigenvalue weighted by Gasteiger charge is 2.33. The Bertz CT molecular complexity index is 566. The van der Waals surface area contributed by atoms with Crippen molar-refractivity contribution in [2.24, 2.45) is 12.5 Å². The lowest BCUT2D eigenvalue weighted by molar-refractivity contribution is 0.0119. The molecule has 2 heterocycles. The predicted octanol–water partition coefficient (Wildman–Crippen LogP) is 2.86. The number of aryl methyl sites for hydroxylation is 1. The topological polar surface area (TPSA) is 59.4 Å². The lowest BCUT2D eigenvalue weighted by atomic mass is 9.80. The van der Waals surface area contributed by atoms with Crippen LogP contribution in [0.15, 0.2) is 6.20 Å². The van der Waals surface area contributed by atoms with Gasteiger partial charge in [0, 0.05) is 44.5 Å². The molecule has 2 rings (SSSR count). The molecule has 0 radical (unpaired) electrons. The van der Waals surface area contributed by atoms with E-state index in [0.717, 1.165) is 39.0 Å². The fraction of sp³-hybridized carbons (Fsp3) is 0.778. The summed E-state index contributed by atoms with van der Waals surface area (Å²) >= 11 is 0. The van der Waals surface area contributed by atoms with Gasteiger partial charge in [-0.1, -0.05) is 6.92 Å². The van der Waals surface area contributed by atoms with E-state index in [1.807, 2.05) is 43.6 Å². The van der Waals surface area contributed by atoms with Gasteiger partial charge >= 0.3 is 6.09 Å². The first kappa shape index (κ1) is 18.8. The third-order valence-corrected chi connectivity index (χ3v) is 4.83. The van der Waals surface area contributed by atoms with Crippen LogP contribution >= 0.6 is 0 Å². The van der Waals surface area contributed by atoms with Gasteiger partial charge in [0.1, 0.15) is 5.60 Å². The lowest BCUT2D eigenvalue weighted by Gasteiger charge is -2.39. The Morgan fingerprint density at radius 2 is 2.00 bits per heavy atom. The summed E-state index contributed by atoms with van der Waals surface area (Å²) in [6, 6.07) is 0. The Labute approximate surface area is 145 Å². The van der Waals surface area contributed by atoms with Crippen molar-refractivity contribution in [3.63, 3.8) is 0 Å². The first-order chi connectivity index (χ1) is 11.1. The molecule has 0 unspecified atom stereocenters. The van der Waals surface area contributed by atoms with Crippen LogP contribution in [0.4, 0.5) is 4.79 Å². The molecular formula is C18H32N4O2. The molecule has 136 valence electrons. The first-order valence-electron chi connectivity index (χ1n) is 8.76. The average molecular weight is 336 g/mol. The number of carbonyl (C=O) groups is 1. The standard InChI is InChI=1S/C18H32N4O2/c1-14-15(12-20-21(14)6)11-19-13-18(5)7-9-22(10-8-18)16(23)24-17(2,3)4/h12,19H,7-11,13H2,1-6H3. The van der Waals surface area contributed by atoms with E-state index in [4.69, 9.17) is 4.74 Å². The maximum Gasteiger partial charge on any atom is 0.410 e. The molecule has 6 nitrogen and oxygen atoms in total. The zero-order chi connectivity index (χ0) is 18.0. The highest BCUT2D eigenvalue weighted by Crippen LogP contribution is 2.30. The van der Waals surface area contributed by atoms with Crippen molar-refractivity contribution in [3.8, 4) is 0 Å². The van der Waals surface area contributed by atoms with E-state index in [1.165, 1.54) is 11.3 Å². The van der Waals surface area contributed by atoms with Crippen molar-refractivity contribution in [1.82, 2.24) is 20.0 Å². The van der Waals surface area contributed by atoms with E-state index in [9.17, 15) is 4.79 Å². The SMILES string of the molecule is Cc1c(CNCC2(C)CCN(C(=O)OC(C)(C)C)CC2)cnn1C. The summed E-state index contributed by atoms with van der Waals surface area (Å²) in [5, 5.41) is 7.84. The quantitative estimate of drug-likeness (QED) is 0.918. The molecule has 24 heavy (non-hydrogen) atoms. The van der Waals surface area contributed by atoms with Crippen LogP contribution in [0, 0.1) is 12.3 Å². The van der Waals surface area contributed by atoms with Crippen LogP contribution in [0.2, 0.25) is 0 Å². The molecule has 1 saturated heterocycles. The van der Waals surface area contributed by atoms with Gasteiger partial charge in [0.05, 0.1) is 6.20 Å². The smallest absolute Gasteiger partial charge is 0.410 e. The number of hydrogen-bond donors (Lipinski definition) is 1. The minimum absolute atomic E-state index is 0.191. The summed E-state index contributed by atoms with van der Waals surface area (Å²) < 4.78 is 7.36. The molecule has 1 N–H and O–H groups in total. The molecule has 6 heteroatoms. The van der Waals surface area contributed by atoms with Gasteiger partial charge in [0.2, 0.25) is 0 Å². The van der Waals surface area contributed by atoms with Gasteiger partial charge in [-0.2, -0.15) is 5.10 Å². The van der Waals surface area contributed by atoms with Gasteiger partial charge in [-0.15, -0.1) is 0 Å². The second-order valence-electron chi connectivity index (χ2n) is 8.26. The Morgan fingerprint density at radius 3 is 2.50 bits per heavy atom. The number of ether oxygens (including phenoxy) is 1. The fourth-order valence-electron chi connectivity index (χ4n) is 2.95. The molecular weight excluding hydrogens is 304 g/mol. The van der Waals surface area contributed by atoms with Crippen LogP contribution in [0.3, 0.4) is 0 Å². The number of nitrogens with zero attached hydrogens (tertiary/aromatic N) is 3. The van der Waals surface area contributed by atoms with E-state index < -0.39 is 5.60 Å². The Hall–Kier alpha value is -1.56. The number of likely N-dealkylation sites (tertiary alicyclic amines) is 1. The molecule has 1 amide bonds. The molecule has 1 aliphatic heterocycles. The van der Waals surface area contributed by atoms with Crippen molar-refractivity contribution < 1.29 is 9.53 Å². The zero-order valence-corrected chi connectivity index (χ0v) is 16.0. The number of amides is 1. The largest absolute Gasteiger partial charge is 0.444 e. The van der Waals surface area contributed by atoms with Crippen molar-refractivity contribution in [2.75, 3.05) is 19.6 Å². The number of piperidine rings is 1. The van der Waals surface area contributed by atoms with E-state index in [-0.39, 0.29) is 11.5 Å². The number of hydrogen-bond acceptors (Lipinski definition) is 4. The number of nitrogens with one attached hydrogen (secondary N) is 1. The molecule has 0 spiro atoms. The maximum absolute atomic E-state index is 12.1. The van der Waals surface area contributed by atoms with Crippen LogP contribution in [0.1, 0.15) is 51.8 Å². The van der Waals surface area contributed by atoms with Gasteiger partial charge < -0.3 is 15.0 Å².